The van der Waals surface area contributed by atoms with Gasteiger partial charge in [0, 0.05) is 11.8 Å². The molecule has 148 valence electrons. The van der Waals surface area contributed by atoms with Crippen LogP contribution in [0.1, 0.15) is 34.3 Å². The zero-order chi connectivity index (χ0) is 20.8. The van der Waals surface area contributed by atoms with E-state index >= 15 is 0 Å². The molecule has 0 bridgehead atoms. The Morgan fingerprint density at radius 1 is 1.07 bits per heavy atom. The van der Waals surface area contributed by atoms with Gasteiger partial charge in [-0.05, 0) is 48.9 Å². The number of furan rings is 1. The summed E-state index contributed by atoms with van der Waals surface area (Å²) in [6.45, 7) is 2.25. The first kappa shape index (κ1) is 19.8. The number of carbonyl (C=O) groups is 2. The standard InChI is InChI=1S/C21H18N2O6/c1-2-13-28-21(25)14-7-9-15(10-8-14)22-20(24)19-12-11-18(29-19)16-5-3-4-6-17(16)23(26)27/h3-12H,2,13H2,1H3,(H,22,24). The molecule has 1 amide bonds. The second-order valence-corrected chi connectivity index (χ2v) is 6.11. The molecular weight excluding hydrogens is 376 g/mol. The number of para-hydroxylation sites is 1. The number of nitro groups is 1. The van der Waals surface area contributed by atoms with Gasteiger partial charge in [-0.1, -0.05) is 19.1 Å². The zero-order valence-electron chi connectivity index (χ0n) is 15.6. The summed E-state index contributed by atoms with van der Waals surface area (Å²) in [5.74, 6) is -0.720. The molecule has 0 saturated carbocycles. The number of esters is 1. The largest absolute Gasteiger partial charge is 0.462 e. The fraction of sp³-hybridized carbons (Fsp3) is 0.143. The van der Waals surface area contributed by atoms with Crippen LogP contribution >= 0.6 is 0 Å². The van der Waals surface area contributed by atoms with Crippen LogP contribution < -0.4 is 5.32 Å². The molecule has 0 saturated heterocycles. The van der Waals surface area contributed by atoms with Crippen molar-refractivity contribution in [3.8, 4) is 11.3 Å². The van der Waals surface area contributed by atoms with Crippen molar-refractivity contribution in [2.75, 3.05) is 11.9 Å². The van der Waals surface area contributed by atoms with Crippen LogP contribution in [0.15, 0.2) is 65.1 Å². The minimum atomic E-state index is -0.517. The van der Waals surface area contributed by atoms with E-state index in [1.165, 1.54) is 18.2 Å². The molecule has 0 radical (unpaired) electrons. The van der Waals surface area contributed by atoms with Crippen LogP contribution in [0.25, 0.3) is 11.3 Å². The number of hydrogen-bond donors (Lipinski definition) is 1. The van der Waals surface area contributed by atoms with Gasteiger partial charge in [-0.2, -0.15) is 0 Å². The molecule has 8 nitrogen and oxygen atoms in total. The summed E-state index contributed by atoms with van der Waals surface area (Å²) in [6, 6.07) is 15.3. The summed E-state index contributed by atoms with van der Waals surface area (Å²) in [5, 5.41) is 13.8. The number of nitrogens with one attached hydrogen (secondary N) is 1. The van der Waals surface area contributed by atoms with Gasteiger partial charge in [0.15, 0.2) is 5.76 Å². The van der Waals surface area contributed by atoms with Gasteiger partial charge in [0.2, 0.25) is 0 Å². The second kappa shape index (κ2) is 8.83. The normalized spacial score (nSPS) is 10.4. The Bertz CT molecular complexity index is 1040. The van der Waals surface area contributed by atoms with Crippen LogP contribution in [-0.2, 0) is 4.74 Å². The summed E-state index contributed by atoms with van der Waals surface area (Å²) in [5.41, 5.74) is 1.02. The van der Waals surface area contributed by atoms with Gasteiger partial charge in [0.05, 0.1) is 22.7 Å². The Kier molecular flexibility index (Phi) is 6.03. The lowest BCUT2D eigenvalue weighted by molar-refractivity contribution is -0.384. The molecule has 1 aromatic heterocycles. The third-order valence-corrected chi connectivity index (χ3v) is 4.01. The van der Waals surface area contributed by atoms with E-state index in [4.69, 9.17) is 9.15 Å². The average molecular weight is 394 g/mol. The number of ether oxygens (including phenoxy) is 1. The van der Waals surface area contributed by atoms with E-state index in [1.807, 2.05) is 6.92 Å². The number of anilines is 1. The SMILES string of the molecule is CCCOC(=O)c1ccc(NC(=O)c2ccc(-c3ccccc3[N+](=O)[O-])o2)cc1. The predicted molar refractivity (Wildman–Crippen MR) is 106 cm³/mol. The molecular formula is C21H18N2O6. The topological polar surface area (TPSA) is 112 Å². The molecule has 1 N–H and O–H groups in total. The van der Waals surface area contributed by atoms with E-state index < -0.39 is 16.8 Å². The van der Waals surface area contributed by atoms with Gasteiger partial charge in [-0.3, -0.25) is 14.9 Å². The van der Waals surface area contributed by atoms with Crippen LogP contribution in [0, 0.1) is 10.1 Å². The lowest BCUT2D eigenvalue weighted by Crippen LogP contribution is -2.11. The van der Waals surface area contributed by atoms with E-state index in [-0.39, 0.29) is 22.8 Å². The Morgan fingerprint density at radius 3 is 2.48 bits per heavy atom. The minimum absolute atomic E-state index is 0.00424. The minimum Gasteiger partial charge on any atom is -0.462 e. The monoisotopic (exact) mass is 394 g/mol. The van der Waals surface area contributed by atoms with Crippen molar-refractivity contribution in [3.05, 3.63) is 82.1 Å². The highest BCUT2D eigenvalue weighted by Crippen LogP contribution is 2.31. The predicted octanol–water partition coefficient (Wildman–Crippen LogP) is 4.67. The van der Waals surface area contributed by atoms with Crippen molar-refractivity contribution in [3.63, 3.8) is 0 Å². The zero-order valence-corrected chi connectivity index (χ0v) is 15.6. The fourth-order valence-electron chi connectivity index (χ4n) is 2.61. The van der Waals surface area contributed by atoms with Crippen molar-refractivity contribution in [2.24, 2.45) is 0 Å². The highest BCUT2D eigenvalue weighted by Gasteiger charge is 2.19. The van der Waals surface area contributed by atoms with E-state index in [2.05, 4.69) is 5.32 Å². The van der Waals surface area contributed by atoms with E-state index in [0.717, 1.165) is 6.42 Å². The number of benzene rings is 2. The molecule has 0 aliphatic carbocycles. The van der Waals surface area contributed by atoms with Crippen LogP contribution in [-0.4, -0.2) is 23.4 Å². The molecule has 0 aliphatic rings. The summed E-state index contributed by atoms with van der Waals surface area (Å²) in [4.78, 5) is 34.9. The molecule has 0 unspecified atom stereocenters. The Hall–Kier alpha value is -3.94. The highest BCUT2D eigenvalue weighted by atomic mass is 16.6. The molecule has 0 spiro atoms. The number of amides is 1. The Labute approximate surface area is 166 Å². The van der Waals surface area contributed by atoms with Crippen LogP contribution in [0.4, 0.5) is 11.4 Å². The molecule has 3 aromatic rings. The summed E-state index contributed by atoms with van der Waals surface area (Å²) < 4.78 is 10.6. The molecule has 29 heavy (non-hydrogen) atoms. The molecule has 1 heterocycles. The molecule has 0 fully saturated rings. The van der Waals surface area contributed by atoms with E-state index in [1.54, 1.807) is 42.5 Å². The van der Waals surface area contributed by atoms with Crippen LogP contribution in [0.5, 0.6) is 0 Å². The lowest BCUT2D eigenvalue weighted by Gasteiger charge is -2.06. The van der Waals surface area contributed by atoms with Gasteiger partial charge < -0.3 is 14.5 Å². The van der Waals surface area contributed by atoms with Crippen molar-refractivity contribution >= 4 is 23.3 Å². The maximum Gasteiger partial charge on any atom is 0.338 e. The molecule has 2 aromatic carbocycles. The first-order valence-corrected chi connectivity index (χ1v) is 8.91. The average Bonchev–Trinajstić information content (AvgIpc) is 3.23. The number of nitrogens with zero attached hydrogens (tertiary/aromatic N) is 1. The summed E-state index contributed by atoms with van der Waals surface area (Å²) in [7, 11) is 0. The van der Waals surface area contributed by atoms with Crippen molar-refractivity contribution in [1.82, 2.24) is 0 Å². The lowest BCUT2D eigenvalue weighted by atomic mass is 10.1. The van der Waals surface area contributed by atoms with Crippen molar-refractivity contribution < 1.29 is 23.7 Å². The number of carbonyl (C=O) groups excluding carboxylic acids is 2. The molecule has 0 atom stereocenters. The van der Waals surface area contributed by atoms with Gasteiger partial charge in [-0.25, -0.2) is 4.79 Å². The van der Waals surface area contributed by atoms with Crippen molar-refractivity contribution in [2.45, 2.75) is 13.3 Å². The van der Waals surface area contributed by atoms with Gasteiger partial charge >= 0.3 is 5.97 Å². The summed E-state index contributed by atoms with van der Waals surface area (Å²) >= 11 is 0. The third kappa shape index (κ3) is 4.67. The molecule has 8 heteroatoms. The number of rotatable bonds is 7. The smallest absolute Gasteiger partial charge is 0.338 e. The Balaban J connectivity index is 1.71. The molecule has 0 aliphatic heterocycles. The van der Waals surface area contributed by atoms with E-state index in [0.29, 0.717) is 17.9 Å². The maximum atomic E-state index is 12.4. The van der Waals surface area contributed by atoms with Crippen molar-refractivity contribution in [1.29, 1.82) is 0 Å². The fourth-order valence-corrected chi connectivity index (χ4v) is 2.61. The molecule has 3 rings (SSSR count). The van der Waals surface area contributed by atoms with E-state index in [9.17, 15) is 19.7 Å². The summed E-state index contributed by atoms with van der Waals surface area (Å²) in [6.07, 6.45) is 0.733. The number of nitro benzene ring substituents is 1. The second-order valence-electron chi connectivity index (χ2n) is 6.11. The van der Waals surface area contributed by atoms with Gasteiger partial charge in [0.25, 0.3) is 11.6 Å². The third-order valence-electron chi connectivity index (χ3n) is 4.01. The highest BCUT2D eigenvalue weighted by molar-refractivity contribution is 6.03. The van der Waals surface area contributed by atoms with Gasteiger partial charge in [-0.15, -0.1) is 0 Å². The first-order chi connectivity index (χ1) is 14.0. The van der Waals surface area contributed by atoms with Crippen LogP contribution in [0.2, 0.25) is 0 Å². The maximum absolute atomic E-state index is 12.4. The van der Waals surface area contributed by atoms with Crippen LogP contribution in [0.3, 0.4) is 0 Å². The quantitative estimate of drug-likeness (QED) is 0.354. The first-order valence-electron chi connectivity index (χ1n) is 8.91. The van der Waals surface area contributed by atoms with Gasteiger partial charge in [0.1, 0.15) is 5.76 Å². The number of hydrogen-bond acceptors (Lipinski definition) is 6. The Morgan fingerprint density at radius 2 is 1.79 bits per heavy atom.